The van der Waals surface area contributed by atoms with Crippen molar-refractivity contribution >= 4 is 23.1 Å². The smallest absolute Gasteiger partial charge is 0.262 e. The Labute approximate surface area is 122 Å². The van der Waals surface area contributed by atoms with Crippen LogP contribution in [0.2, 0.25) is 0 Å². The van der Waals surface area contributed by atoms with Gasteiger partial charge in [0.05, 0.1) is 10.9 Å². The number of hydrogen-bond donors (Lipinski definition) is 1. The number of rotatable bonds is 4. The van der Waals surface area contributed by atoms with Gasteiger partial charge in [-0.05, 0) is 49.5 Å². The van der Waals surface area contributed by atoms with E-state index >= 15 is 0 Å². The average molecular weight is 290 g/mol. The number of nitrogens with zero attached hydrogens (tertiary/aromatic N) is 1. The SMILES string of the molecule is O=c1c2ccccc2[nH]c(=S)n1CCCC1CCOC1. The first-order chi connectivity index (χ1) is 9.75. The molecule has 0 spiro atoms. The number of ether oxygens (including phenoxy) is 1. The average Bonchev–Trinajstić information content (AvgIpc) is 2.96. The molecule has 1 unspecified atom stereocenters. The van der Waals surface area contributed by atoms with E-state index in [0.717, 1.165) is 38.0 Å². The largest absolute Gasteiger partial charge is 0.381 e. The van der Waals surface area contributed by atoms with Crippen LogP contribution in [0.5, 0.6) is 0 Å². The standard InChI is InChI=1S/C15H18N2O2S/c18-14-12-5-1-2-6-13(12)16-15(20)17(14)8-3-4-11-7-9-19-10-11/h1-2,5-6,11H,3-4,7-10H2,(H,16,20). The van der Waals surface area contributed by atoms with Crippen molar-refractivity contribution in [2.45, 2.75) is 25.8 Å². The molecular weight excluding hydrogens is 272 g/mol. The summed E-state index contributed by atoms with van der Waals surface area (Å²) in [4.78, 5) is 15.6. The van der Waals surface area contributed by atoms with Crippen LogP contribution in [-0.2, 0) is 11.3 Å². The van der Waals surface area contributed by atoms with Crippen molar-refractivity contribution in [3.8, 4) is 0 Å². The van der Waals surface area contributed by atoms with E-state index in [1.54, 1.807) is 4.57 Å². The van der Waals surface area contributed by atoms with Crippen LogP contribution in [0.4, 0.5) is 0 Å². The lowest BCUT2D eigenvalue weighted by atomic mass is 10.0. The third-order valence-corrected chi connectivity index (χ3v) is 4.23. The Balaban J connectivity index is 1.80. The second-order valence-corrected chi connectivity index (χ2v) is 5.69. The number of aromatic amines is 1. The van der Waals surface area contributed by atoms with Gasteiger partial charge in [0.1, 0.15) is 0 Å². The molecule has 0 aliphatic carbocycles. The molecule has 1 N–H and O–H groups in total. The molecule has 2 aromatic rings. The number of para-hydroxylation sites is 1. The fourth-order valence-corrected chi connectivity index (χ4v) is 3.04. The Kier molecular flexibility index (Phi) is 3.98. The van der Waals surface area contributed by atoms with Gasteiger partial charge >= 0.3 is 0 Å². The van der Waals surface area contributed by atoms with Gasteiger partial charge in [0.25, 0.3) is 5.56 Å². The molecule has 0 bridgehead atoms. The number of hydrogen-bond acceptors (Lipinski definition) is 3. The maximum absolute atomic E-state index is 12.4. The first kappa shape index (κ1) is 13.5. The van der Waals surface area contributed by atoms with Crippen LogP contribution in [0, 0.1) is 10.7 Å². The summed E-state index contributed by atoms with van der Waals surface area (Å²) in [6.07, 6.45) is 3.19. The molecule has 0 radical (unpaired) electrons. The molecule has 106 valence electrons. The Morgan fingerprint density at radius 2 is 2.25 bits per heavy atom. The van der Waals surface area contributed by atoms with Crippen molar-refractivity contribution in [2.75, 3.05) is 13.2 Å². The van der Waals surface area contributed by atoms with Gasteiger partial charge in [-0.2, -0.15) is 0 Å². The molecule has 3 rings (SSSR count). The summed E-state index contributed by atoms with van der Waals surface area (Å²) in [5.41, 5.74) is 0.815. The normalized spacial score (nSPS) is 18.7. The maximum Gasteiger partial charge on any atom is 0.262 e. The molecule has 2 heterocycles. The summed E-state index contributed by atoms with van der Waals surface area (Å²) in [7, 11) is 0. The van der Waals surface area contributed by atoms with Gasteiger partial charge < -0.3 is 9.72 Å². The van der Waals surface area contributed by atoms with Crippen molar-refractivity contribution in [3.63, 3.8) is 0 Å². The summed E-state index contributed by atoms with van der Waals surface area (Å²) in [6.45, 7) is 2.41. The first-order valence-electron chi connectivity index (χ1n) is 7.05. The van der Waals surface area contributed by atoms with Crippen LogP contribution < -0.4 is 5.56 Å². The highest BCUT2D eigenvalue weighted by Crippen LogP contribution is 2.18. The van der Waals surface area contributed by atoms with E-state index < -0.39 is 0 Å². The predicted octanol–water partition coefficient (Wildman–Crippen LogP) is 2.88. The highest BCUT2D eigenvalue weighted by Gasteiger charge is 2.15. The molecule has 0 saturated carbocycles. The van der Waals surface area contributed by atoms with Crippen LogP contribution >= 0.6 is 12.2 Å². The van der Waals surface area contributed by atoms with E-state index in [0.29, 0.717) is 22.6 Å². The molecule has 4 nitrogen and oxygen atoms in total. The molecule has 1 fully saturated rings. The molecule has 1 aliphatic rings. The zero-order valence-electron chi connectivity index (χ0n) is 11.3. The Morgan fingerprint density at radius 3 is 3.05 bits per heavy atom. The Hall–Kier alpha value is -1.46. The van der Waals surface area contributed by atoms with Crippen LogP contribution in [0.1, 0.15) is 19.3 Å². The monoisotopic (exact) mass is 290 g/mol. The van der Waals surface area contributed by atoms with Crippen molar-refractivity contribution in [3.05, 3.63) is 39.4 Å². The number of aromatic nitrogens is 2. The van der Waals surface area contributed by atoms with Gasteiger partial charge in [0.15, 0.2) is 4.77 Å². The van der Waals surface area contributed by atoms with Gasteiger partial charge in [-0.15, -0.1) is 0 Å². The third-order valence-electron chi connectivity index (χ3n) is 3.91. The Bertz CT molecular complexity index is 714. The molecule has 1 aliphatic heterocycles. The van der Waals surface area contributed by atoms with Crippen LogP contribution in [0.15, 0.2) is 29.1 Å². The number of H-pyrrole nitrogens is 1. The lowest BCUT2D eigenvalue weighted by molar-refractivity contribution is 0.183. The minimum absolute atomic E-state index is 0.00650. The summed E-state index contributed by atoms with van der Waals surface area (Å²) in [6, 6.07) is 7.50. The van der Waals surface area contributed by atoms with Crippen molar-refractivity contribution in [2.24, 2.45) is 5.92 Å². The highest BCUT2D eigenvalue weighted by atomic mass is 32.1. The zero-order chi connectivity index (χ0) is 13.9. The Morgan fingerprint density at radius 1 is 1.40 bits per heavy atom. The fraction of sp³-hybridized carbons (Fsp3) is 0.467. The quantitative estimate of drug-likeness (QED) is 0.881. The predicted molar refractivity (Wildman–Crippen MR) is 81.6 cm³/mol. The second-order valence-electron chi connectivity index (χ2n) is 5.30. The third kappa shape index (κ3) is 2.69. The van der Waals surface area contributed by atoms with E-state index in [1.165, 1.54) is 0 Å². The van der Waals surface area contributed by atoms with E-state index in [-0.39, 0.29) is 5.56 Å². The van der Waals surface area contributed by atoms with E-state index in [9.17, 15) is 4.79 Å². The number of benzene rings is 1. The van der Waals surface area contributed by atoms with Crippen molar-refractivity contribution < 1.29 is 4.74 Å². The number of nitrogens with one attached hydrogen (secondary N) is 1. The van der Waals surface area contributed by atoms with Crippen LogP contribution in [0.3, 0.4) is 0 Å². The van der Waals surface area contributed by atoms with Gasteiger partial charge in [0.2, 0.25) is 0 Å². The molecule has 1 atom stereocenters. The van der Waals surface area contributed by atoms with Crippen molar-refractivity contribution in [1.29, 1.82) is 0 Å². The topological polar surface area (TPSA) is 47.0 Å². The fourth-order valence-electron chi connectivity index (χ4n) is 2.75. The van der Waals surface area contributed by atoms with E-state index in [4.69, 9.17) is 17.0 Å². The van der Waals surface area contributed by atoms with Gasteiger partial charge in [-0.1, -0.05) is 12.1 Å². The zero-order valence-corrected chi connectivity index (χ0v) is 12.1. The summed E-state index contributed by atoms with van der Waals surface area (Å²) in [5, 5.41) is 0.699. The molecule has 1 aromatic carbocycles. The van der Waals surface area contributed by atoms with Crippen LogP contribution in [-0.4, -0.2) is 22.8 Å². The van der Waals surface area contributed by atoms with Gasteiger partial charge in [-0.3, -0.25) is 9.36 Å². The van der Waals surface area contributed by atoms with E-state index in [2.05, 4.69) is 4.98 Å². The molecule has 0 amide bonds. The molecule has 1 aromatic heterocycles. The second kappa shape index (κ2) is 5.89. The maximum atomic E-state index is 12.4. The molecule has 20 heavy (non-hydrogen) atoms. The minimum atomic E-state index is 0.00650. The molecule has 1 saturated heterocycles. The summed E-state index contributed by atoms with van der Waals surface area (Å²) < 4.78 is 7.55. The summed E-state index contributed by atoms with van der Waals surface area (Å²) >= 11 is 5.30. The van der Waals surface area contributed by atoms with Crippen molar-refractivity contribution in [1.82, 2.24) is 9.55 Å². The lowest BCUT2D eigenvalue weighted by Crippen LogP contribution is -2.22. The van der Waals surface area contributed by atoms with Gasteiger partial charge in [-0.25, -0.2) is 0 Å². The lowest BCUT2D eigenvalue weighted by Gasteiger charge is -2.10. The molecular formula is C15H18N2O2S. The molecule has 5 heteroatoms. The summed E-state index contributed by atoms with van der Waals surface area (Å²) in [5.74, 6) is 0.642. The minimum Gasteiger partial charge on any atom is -0.381 e. The first-order valence-corrected chi connectivity index (χ1v) is 7.46. The highest BCUT2D eigenvalue weighted by molar-refractivity contribution is 7.71. The van der Waals surface area contributed by atoms with Gasteiger partial charge in [0, 0.05) is 19.8 Å². The van der Waals surface area contributed by atoms with Crippen LogP contribution in [0.25, 0.3) is 10.9 Å². The van der Waals surface area contributed by atoms with E-state index in [1.807, 2.05) is 24.3 Å². The number of fused-ring (bicyclic) bond motifs is 1.